The van der Waals surface area contributed by atoms with E-state index < -0.39 is 5.91 Å². The highest BCUT2D eigenvalue weighted by molar-refractivity contribution is 6.00. The first-order valence-electron chi connectivity index (χ1n) is 6.36. The largest absolute Gasteiger partial charge is 0.366 e. The third-order valence-electron chi connectivity index (χ3n) is 3.83. The van der Waals surface area contributed by atoms with E-state index >= 15 is 0 Å². The molecule has 0 spiro atoms. The molecule has 5 nitrogen and oxygen atoms in total. The monoisotopic (exact) mass is 269 g/mol. The second kappa shape index (κ2) is 4.23. The lowest BCUT2D eigenvalue weighted by molar-refractivity contribution is -0.115. The molecular formula is C15H15N3O2. The Morgan fingerprint density at radius 2 is 2.10 bits per heavy atom. The van der Waals surface area contributed by atoms with E-state index in [1.807, 2.05) is 36.7 Å². The molecule has 1 aliphatic rings. The summed E-state index contributed by atoms with van der Waals surface area (Å²) in [6, 6.07) is 7.60. The Balaban J connectivity index is 2.11. The van der Waals surface area contributed by atoms with Crippen LogP contribution in [0.5, 0.6) is 0 Å². The Hall–Kier alpha value is -2.56. The molecule has 2 aromatic rings. The SMILES string of the molecule is Cc1c(C(N)=O)cc(-c2ccc3c(c2)CC(=O)N3)n1C. The van der Waals surface area contributed by atoms with Gasteiger partial charge in [-0.1, -0.05) is 6.07 Å². The molecule has 2 heterocycles. The van der Waals surface area contributed by atoms with Crippen LogP contribution in [0.4, 0.5) is 5.69 Å². The first-order chi connectivity index (χ1) is 9.47. The highest BCUT2D eigenvalue weighted by Crippen LogP contribution is 2.30. The van der Waals surface area contributed by atoms with Gasteiger partial charge in [0.1, 0.15) is 0 Å². The van der Waals surface area contributed by atoms with E-state index in [4.69, 9.17) is 5.73 Å². The van der Waals surface area contributed by atoms with Crippen molar-refractivity contribution >= 4 is 17.5 Å². The molecular weight excluding hydrogens is 254 g/mol. The van der Waals surface area contributed by atoms with Gasteiger partial charge in [0.05, 0.1) is 12.0 Å². The van der Waals surface area contributed by atoms with E-state index in [2.05, 4.69) is 5.32 Å². The van der Waals surface area contributed by atoms with Crippen molar-refractivity contribution in [1.29, 1.82) is 0 Å². The number of nitrogens with one attached hydrogen (secondary N) is 1. The number of carbonyl (C=O) groups excluding carboxylic acids is 2. The van der Waals surface area contributed by atoms with Gasteiger partial charge in [-0.2, -0.15) is 0 Å². The fourth-order valence-electron chi connectivity index (χ4n) is 2.61. The summed E-state index contributed by atoms with van der Waals surface area (Å²) in [6.45, 7) is 1.86. The van der Waals surface area contributed by atoms with Crippen LogP contribution in [0, 0.1) is 6.92 Å². The molecule has 1 aliphatic heterocycles. The van der Waals surface area contributed by atoms with E-state index in [-0.39, 0.29) is 5.91 Å². The Morgan fingerprint density at radius 1 is 1.35 bits per heavy atom. The zero-order valence-corrected chi connectivity index (χ0v) is 11.4. The smallest absolute Gasteiger partial charge is 0.250 e. The summed E-state index contributed by atoms with van der Waals surface area (Å²) in [5.74, 6) is -0.416. The maximum absolute atomic E-state index is 11.4. The lowest BCUT2D eigenvalue weighted by atomic mass is 10.1. The Labute approximate surface area is 116 Å². The van der Waals surface area contributed by atoms with Gasteiger partial charge in [0, 0.05) is 24.1 Å². The van der Waals surface area contributed by atoms with Crippen LogP contribution in [-0.4, -0.2) is 16.4 Å². The summed E-state index contributed by atoms with van der Waals surface area (Å²) in [5, 5.41) is 2.81. The summed E-state index contributed by atoms with van der Waals surface area (Å²) in [4.78, 5) is 22.8. The normalized spacial score (nSPS) is 13.2. The van der Waals surface area contributed by atoms with Crippen molar-refractivity contribution in [3.8, 4) is 11.3 Å². The predicted molar refractivity (Wildman–Crippen MR) is 76.4 cm³/mol. The van der Waals surface area contributed by atoms with Gasteiger partial charge in [0.2, 0.25) is 5.91 Å². The number of aromatic nitrogens is 1. The molecule has 0 saturated heterocycles. The molecule has 20 heavy (non-hydrogen) atoms. The van der Waals surface area contributed by atoms with E-state index in [0.29, 0.717) is 12.0 Å². The number of anilines is 1. The quantitative estimate of drug-likeness (QED) is 0.868. The summed E-state index contributed by atoms with van der Waals surface area (Å²) in [6.07, 6.45) is 0.398. The highest BCUT2D eigenvalue weighted by Gasteiger charge is 2.20. The topological polar surface area (TPSA) is 77.1 Å². The molecule has 0 fully saturated rings. The van der Waals surface area contributed by atoms with E-state index in [9.17, 15) is 9.59 Å². The molecule has 3 rings (SSSR count). The number of rotatable bonds is 2. The Bertz CT molecular complexity index is 744. The minimum Gasteiger partial charge on any atom is -0.366 e. The summed E-state index contributed by atoms with van der Waals surface area (Å²) >= 11 is 0. The Morgan fingerprint density at radius 3 is 2.75 bits per heavy atom. The molecule has 5 heteroatoms. The van der Waals surface area contributed by atoms with Crippen LogP contribution in [0.1, 0.15) is 21.6 Å². The van der Waals surface area contributed by atoms with E-state index in [0.717, 1.165) is 28.2 Å². The summed E-state index contributed by atoms with van der Waals surface area (Å²) < 4.78 is 1.94. The van der Waals surface area contributed by atoms with Crippen LogP contribution in [-0.2, 0) is 18.3 Å². The number of nitrogens with two attached hydrogens (primary N) is 1. The molecule has 0 saturated carbocycles. The number of hydrogen-bond donors (Lipinski definition) is 2. The second-order valence-corrected chi connectivity index (χ2v) is 5.05. The first kappa shape index (κ1) is 12.5. The van der Waals surface area contributed by atoms with Crippen LogP contribution in [0.2, 0.25) is 0 Å². The minimum atomic E-state index is -0.428. The van der Waals surface area contributed by atoms with Crippen molar-refractivity contribution < 1.29 is 9.59 Å². The van der Waals surface area contributed by atoms with Crippen molar-refractivity contribution in [2.45, 2.75) is 13.3 Å². The van der Waals surface area contributed by atoms with Gasteiger partial charge in [-0.15, -0.1) is 0 Å². The minimum absolute atomic E-state index is 0.0121. The van der Waals surface area contributed by atoms with Gasteiger partial charge < -0.3 is 15.6 Å². The van der Waals surface area contributed by atoms with Crippen LogP contribution >= 0.6 is 0 Å². The van der Waals surface area contributed by atoms with Gasteiger partial charge in [-0.3, -0.25) is 9.59 Å². The number of nitrogens with zero attached hydrogens (tertiary/aromatic N) is 1. The standard InChI is InChI=1S/C15H15N3O2/c1-8-11(15(16)20)7-13(18(8)2)9-3-4-12-10(5-9)6-14(19)17-12/h3-5,7H,6H2,1-2H3,(H2,16,20)(H,17,19). The van der Waals surface area contributed by atoms with Crippen molar-refractivity contribution in [2.75, 3.05) is 5.32 Å². The molecule has 102 valence electrons. The molecule has 1 aromatic heterocycles. The highest BCUT2D eigenvalue weighted by atomic mass is 16.2. The number of fused-ring (bicyclic) bond motifs is 1. The molecule has 0 atom stereocenters. The average Bonchev–Trinajstić information content (AvgIpc) is 2.89. The summed E-state index contributed by atoms with van der Waals surface area (Å²) in [5.41, 5.74) is 10.5. The van der Waals surface area contributed by atoms with Gasteiger partial charge in [-0.25, -0.2) is 0 Å². The van der Waals surface area contributed by atoms with Crippen LogP contribution in [0.15, 0.2) is 24.3 Å². The number of carbonyl (C=O) groups is 2. The molecule has 0 unspecified atom stereocenters. The van der Waals surface area contributed by atoms with Gasteiger partial charge in [0.25, 0.3) is 5.91 Å². The third kappa shape index (κ3) is 1.79. The molecule has 3 N–H and O–H groups in total. The fourth-order valence-corrected chi connectivity index (χ4v) is 2.61. The van der Waals surface area contributed by atoms with Gasteiger partial charge >= 0.3 is 0 Å². The lowest BCUT2D eigenvalue weighted by Crippen LogP contribution is -2.11. The maximum Gasteiger partial charge on any atom is 0.250 e. The first-order valence-corrected chi connectivity index (χ1v) is 6.36. The van der Waals surface area contributed by atoms with Crippen LogP contribution in [0.3, 0.4) is 0 Å². The van der Waals surface area contributed by atoms with E-state index in [1.165, 1.54) is 0 Å². The average molecular weight is 269 g/mol. The zero-order chi connectivity index (χ0) is 14.4. The van der Waals surface area contributed by atoms with Crippen LogP contribution in [0.25, 0.3) is 11.3 Å². The second-order valence-electron chi connectivity index (χ2n) is 5.05. The van der Waals surface area contributed by atoms with Crippen molar-refractivity contribution in [3.05, 3.63) is 41.1 Å². The lowest BCUT2D eigenvalue weighted by Gasteiger charge is -2.07. The van der Waals surface area contributed by atoms with E-state index in [1.54, 1.807) is 6.07 Å². The predicted octanol–water partition coefficient (Wildman–Crippen LogP) is 1.59. The third-order valence-corrected chi connectivity index (χ3v) is 3.83. The summed E-state index contributed by atoms with van der Waals surface area (Å²) in [7, 11) is 1.90. The molecule has 0 aliphatic carbocycles. The van der Waals surface area contributed by atoms with Crippen molar-refractivity contribution in [2.24, 2.45) is 12.8 Å². The molecule has 2 amide bonds. The number of hydrogen-bond acceptors (Lipinski definition) is 2. The van der Waals surface area contributed by atoms with Crippen molar-refractivity contribution in [3.63, 3.8) is 0 Å². The van der Waals surface area contributed by atoms with Crippen LogP contribution < -0.4 is 11.1 Å². The number of benzene rings is 1. The molecule has 0 radical (unpaired) electrons. The fraction of sp³-hybridized carbons (Fsp3) is 0.200. The number of amides is 2. The molecule has 0 bridgehead atoms. The Kier molecular flexibility index (Phi) is 2.64. The van der Waals surface area contributed by atoms with Gasteiger partial charge in [0.15, 0.2) is 0 Å². The van der Waals surface area contributed by atoms with Gasteiger partial charge in [-0.05, 0) is 36.2 Å². The van der Waals surface area contributed by atoms with Crippen molar-refractivity contribution in [1.82, 2.24) is 4.57 Å². The molecule has 1 aromatic carbocycles. The maximum atomic E-state index is 11.4. The zero-order valence-electron chi connectivity index (χ0n) is 11.4. The number of primary amides is 1.